The molecule has 8 heteroatoms. The van der Waals surface area contributed by atoms with E-state index in [-0.39, 0.29) is 36.9 Å². The molecule has 0 saturated carbocycles. The molecule has 29 heavy (non-hydrogen) atoms. The number of carbonyl (C=O) groups is 1. The maximum atomic E-state index is 14.3. The van der Waals surface area contributed by atoms with Crippen LogP contribution in [0.25, 0.3) is 10.9 Å². The Hall–Kier alpha value is -2.61. The summed E-state index contributed by atoms with van der Waals surface area (Å²) < 4.78 is 28.0. The van der Waals surface area contributed by atoms with Crippen molar-refractivity contribution in [3.8, 4) is 0 Å². The number of halogens is 2. The molecule has 154 valence electrons. The van der Waals surface area contributed by atoms with Crippen LogP contribution >= 0.6 is 0 Å². The number of alkyl halides is 1. The molecule has 2 aromatic rings. The second kappa shape index (κ2) is 8.41. The highest BCUT2D eigenvalue weighted by Crippen LogP contribution is 2.24. The first kappa shape index (κ1) is 19.7. The molecule has 0 spiro atoms. The zero-order valence-electron chi connectivity index (χ0n) is 16.2. The average Bonchev–Trinajstić information content (AvgIpc) is 3.28. The van der Waals surface area contributed by atoms with Crippen LogP contribution < -0.4 is 5.32 Å². The van der Waals surface area contributed by atoms with Gasteiger partial charge in [0, 0.05) is 42.8 Å². The standard InChI is InChI=1S/C21H25F2N5O/c1-24-10-18-8-15(22)11-28(18)20(29)13-27-6-4-16(12-27)26-17-7-14-3-2-5-25-21(14)19(23)9-17/h2-3,5,7,9,15-16,18,26H,1,4,6,8,10-13H2/t15-,16+,18-/m0/s1. The van der Waals surface area contributed by atoms with Crippen LogP contribution in [-0.4, -0.2) is 78.4 Å². The second-order valence-corrected chi connectivity index (χ2v) is 7.84. The summed E-state index contributed by atoms with van der Waals surface area (Å²) in [7, 11) is 0. The van der Waals surface area contributed by atoms with E-state index in [0.29, 0.717) is 30.7 Å². The van der Waals surface area contributed by atoms with Crippen molar-refractivity contribution >= 4 is 29.2 Å². The number of likely N-dealkylation sites (tertiary alicyclic amines) is 2. The number of nitrogens with one attached hydrogen (secondary N) is 1. The SMILES string of the molecule is C=NC[C@@H]1C[C@H](F)CN1C(=O)CN1CC[C@@H](Nc2cc(F)c3ncccc3c2)C1. The highest BCUT2D eigenvalue weighted by atomic mass is 19.1. The zero-order chi connectivity index (χ0) is 20.4. The van der Waals surface area contributed by atoms with Gasteiger partial charge in [-0.1, -0.05) is 6.07 Å². The Morgan fingerprint density at radius 2 is 2.24 bits per heavy atom. The molecule has 2 aliphatic rings. The first-order chi connectivity index (χ1) is 14.0. The lowest BCUT2D eigenvalue weighted by Gasteiger charge is -2.25. The summed E-state index contributed by atoms with van der Waals surface area (Å²) in [5.41, 5.74) is 1.06. The third kappa shape index (κ3) is 4.37. The quantitative estimate of drug-likeness (QED) is 0.756. The Kier molecular flexibility index (Phi) is 5.71. The number of aromatic nitrogens is 1. The van der Waals surface area contributed by atoms with E-state index in [4.69, 9.17) is 0 Å². The predicted octanol–water partition coefficient (Wildman–Crippen LogP) is 2.50. The van der Waals surface area contributed by atoms with Gasteiger partial charge in [0.05, 0.1) is 25.7 Å². The van der Waals surface area contributed by atoms with Crippen LogP contribution in [0.2, 0.25) is 0 Å². The number of hydrogen-bond donors (Lipinski definition) is 1. The van der Waals surface area contributed by atoms with Crippen LogP contribution in [0.5, 0.6) is 0 Å². The van der Waals surface area contributed by atoms with E-state index < -0.39 is 6.17 Å². The van der Waals surface area contributed by atoms with Gasteiger partial charge in [-0.3, -0.25) is 19.7 Å². The van der Waals surface area contributed by atoms with E-state index >= 15 is 0 Å². The van der Waals surface area contributed by atoms with Crippen molar-refractivity contribution in [1.29, 1.82) is 0 Å². The number of fused-ring (bicyclic) bond motifs is 1. The number of nitrogens with zero attached hydrogens (tertiary/aromatic N) is 4. The van der Waals surface area contributed by atoms with Gasteiger partial charge in [-0.15, -0.1) is 0 Å². The van der Waals surface area contributed by atoms with Gasteiger partial charge in [-0.05, 0) is 31.3 Å². The first-order valence-corrected chi connectivity index (χ1v) is 9.92. The van der Waals surface area contributed by atoms with Crippen LogP contribution in [0.4, 0.5) is 14.5 Å². The molecular formula is C21H25F2N5O. The molecule has 0 unspecified atom stereocenters. The van der Waals surface area contributed by atoms with Crippen LogP contribution in [-0.2, 0) is 4.79 Å². The largest absolute Gasteiger partial charge is 0.381 e. The Morgan fingerprint density at radius 1 is 1.38 bits per heavy atom. The molecule has 1 aromatic carbocycles. The monoisotopic (exact) mass is 401 g/mol. The predicted molar refractivity (Wildman–Crippen MR) is 110 cm³/mol. The van der Waals surface area contributed by atoms with Crippen molar-refractivity contribution in [3.63, 3.8) is 0 Å². The first-order valence-electron chi connectivity index (χ1n) is 9.92. The lowest BCUT2D eigenvalue weighted by molar-refractivity contribution is -0.133. The summed E-state index contributed by atoms with van der Waals surface area (Å²) in [6.07, 6.45) is 1.77. The van der Waals surface area contributed by atoms with Crippen LogP contribution in [0.15, 0.2) is 35.5 Å². The summed E-state index contributed by atoms with van der Waals surface area (Å²) >= 11 is 0. The van der Waals surface area contributed by atoms with Gasteiger partial charge in [0.2, 0.25) is 5.91 Å². The van der Waals surface area contributed by atoms with Gasteiger partial charge in [0.25, 0.3) is 0 Å². The van der Waals surface area contributed by atoms with Crippen LogP contribution in [0, 0.1) is 5.82 Å². The summed E-state index contributed by atoms with van der Waals surface area (Å²) in [5, 5.41) is 4.11. The molecule has 6 nitrogen and oxygen atoms in total. The maximum absolute atomic E-state index is 14.3. The summed E-state index contributed by atoms with van der Waals surface area (Å²) in [6, 6.07) is 6.89. The highest BCUT2D eigenvalue weighted by Gasteiger charge is 2.36. The van der Waals surface area contributed by atoms with Crippen molar-refractivity contribution in [3.05, 3.63) is 36.3 Å². The van der Waals surface area contributed by atoms with Crippen molar-refractivity contribution in [2.24, 2.45) is 4.99 Å². The molecule has 3 heterocycles. The minimum absolute atomic E-state index is 0.0673. The molecule has 1 N–H and O–H groups in total. The van der Waals surface area contributed by atoms with E-state index in [9.17, 15) is 13.6 Å². The van der Waals surface area contributed by atoms with Crippen LogP contribution in [0.3, 0.4) is 0 Å². The summed E-state index contributed by atoms with van der Waals surface area (Å²) in [6.45, 7) is 5.67. The Labute approximate surface area is 168 Å². The van der Waals surface area contributed by atoms with Gasteiger partial charge in [0.1, 0.15) is 11.7 Å². The fourth-order valence-corrected chi connectivity index (χ4v) is 4.33. The molecule has 0 radical (unpaired) electrons. The molecular weight excluding hydrogens is 376 g/mol. The minimum atomic E-state index is -0.990. The topological polar surface area (TPSA) is 60.8 Å². The van der Waals surface area contributed by atoms with E-state index in [1.807, 2.05) is 12.1 Å². The smallest absolute Gasteiger partial charge is 0.237 e. The van der Waals surface area contributed by atoms with E-state index in [0.717, 1.165) is 18.4 Å². The number of rotatable bonds is 6. The number of amides is 1. The normalized spacial score (nSPS) is 24.9. The van der Waals surface area contributed by atoms with Gasteiger partial charge in [-0.25, -0.2) is 8.78 Å². The fourth-order valence-electron chi connectivity index (χ4n) is 4.33. The van der Waals surface area contributed by atoms with Gasteiger partial charge < -0.3 is 10.2 Å². The van der Waals surface area contributed by atoms with Crippen molar-refractivity contribution < 1.29 is 13.6 Å². The molecule has 0 aliphatic carbocycles. The molecule has 4 rings (SSSR count). The van der Waals surface area contributed by atoms with E-state index in [2.05, 4.69) is 26.9 Å². The van der Waals surface area contributed by atoms with Crippen molar-refractivity contribution in [2.75, 3.05) is 38.0 Å². The number of carbonyl (C=O) groups excluding carboxylic acids is 1. The molecule has 1 aromatic heterocycles. The van der Waals surface area contributed by atoms with Crippen LogP contribution in [0.1, 0.15) is 12.8 Å². The summed E-state index contributed by atoms with van der Waals surface area (Å²) in [4.78, 5) is 24.2. The van der Waals surface area contributed by atoms with Gasteiger partial charge in [-0.2, -0.15) is 0 Å². The molecule has 2 fully saturated rings. The number of aliphatic imine (C=N–C) groups is 1. The van der Waals surface area contributed by atoms with E-state index in [1.54, 1.807) is 17.2 Å². The molecule has 0 bridgehead atoms. The molecule has 3 atom stereocenters. The van der Waals surface area contributed by atoms with Crippen molar-refractivity contribution in [1.82, 2.24) is 14.8 Å². The zero-order valence-corrected chi connectivity index (χ0v) is 16.2. The molecule has 2 aliphatic heterocycles. The summed E-state index contributed by atoms with van der Waals surface area (Å²) in [5.74, 6) is -0.422. The number of benzene rings is 1. The number of anilines is 1. The number of pyridine rings is 1. The van der Waals surface area contributed by atoms with Gasteiger partial charge in [0.15, 0.2) is 5.82 Å². The van der Waals surface area contributed by atoms with E-state index in [1.165, 1.54) is 6.07 Å². The van der Waals surface area contributed by atoms with Gasteiger partial charge >= 0.3 is 0 Å². The third-order valence-corrected chi connectivity index (χ3v) is 5.68. The number of hydrogen-bond acceptors (Lipinski definition) is 5. The molecule has 1 amide bonds. The van der Waals surface area contributed by atoms with Crippen molar-refractivity contribution in [2.45, 2.75) is 31.1 Å². The molecule has 2 saturated heterocycles. The fraction of sp³-hybridized carbons (Fsp3) is 0.476. The third-order valence-electron chi connectivity index (χ3n) is 5.68. The highest BCUT2D eigenvalue weighted by molar-refractivity contribution is 5.83. The second-order valence-electron chi connectivity index (χ2n) is 7.84. The Bertz CT molecular complexity index is 908. The minimum Gasteiger partial charge on any atom is -0.381 e. The average molecular weight is 401 g/mol. The lowest BCUT2D eigenvalue weighted by atomic mass is 10.1. The lowest BCUT2D eigenvalue weighted by Crippen LogP contribution is -2.43. The Balaban J connectivity index is 1.35. The maximum Gasteiger partial charge on any atom is 0.237 e. The Morgan fingerprint density at radius 3 is 3.07 bits per heavy atom.